The Bertz CT molecular complexity index is 544. The molecule has 1 amide bonds. The first kappa shape index (κ1) is 15.3. The van der Waals surface area contributed by atoms with E-state index in [2.05, 4.69) is 0 Å². The fourth-order valence-corrected chi connectivity index (χ4v) is 2.28. The maximum Gasteiger partial charge on any atom is 0.272 e. The van der Waals surface area contributed by atoms with Crippen molar-refractivity contribution in [2.75, 3.05) is 39.3 Å². The van der Waals surface area contributed by atoms with Gasteiger partial charge in [0.15, 0.2) is 0 Å². The van der Waals surface area contributed by atoms with Gasteiger partial charge in [-0.1, -0.05) is 0 Å². The van der Waals surface area contributed by atoms with Crippen molar-refractivity contribution in [1.82, 2.24) is 9.80 Å². The molecule has 2 rings (SSSR count). The first-order valence-corrected chi connectivity index (χ1v) is 6.59. The molecule has 1 aliphatic rings. The zero-order valence-corrected chi connectivity index (χ0v) is 11.4. The molecule has 0 radical (unpaired) electrons. The van der Waals surface area contributed by atoms with Crippen LogP contribution < -0.4 is 0 Å². The van der Waals surface area contributed by atoms with E-state index >= 15 is 0 Å². The number of benzene rings is 1. The zero-order chi connectivity index (χ0) is 15.4. The van der Waals surface area contributed by atoms with E-state index in [0.717, 1.165) is 18.2 Å². The Morgan fingerprint density at radius 2 is 2.00 bits per heavy atom. The molecule has 1 aromatic rings. The first-order valence-electron chi connectivity index (χ1n) is 6.59. The third-order valence-electron chi connectivity index (χ3n) is 3.47. The molecule has 114 valence electrons. The quantitative estimate of drug-likeness (QED) is 0.645. The van der Waals surface area contributed by atoms with E-state index in [4.69, 9.17) is 5.11 Å². The summed E-state index contributed by atoms with van der Waals surface area (Å²) in [5, 5.41) is 19.4. The molecule has 1 aromatic carbocycles. The monoisotopic (exact) mass is 297 g/mol. The van der Waals surface area contributed by atoms with Gasteiger partial charge in [0.25, 0.3) is 11.6 Å². The largest absolute Gasteiger partial charge is 0.395 e. The number of carbonyl (C=O) groups is 1. The lowest BCUT2D eigenvalue weighted by Gasteiger charge is -2.34. The molecule has 0 atom stereocenters. The van der Waals surface area contributed by atoms with Gasteiger partial charge >= 0.3 is 0 Å². The number of aliphatic hydroxyl groups excluding tert-OH is 1. The van der Waals surface area contributed by atoms with Gasteiger partial charge in [-0.05, 0) is 6.07 Å². The molecule has 0 saturated carbocycles. The standard InChI is InChI=1S/C13H16FN3O4/c14-12-9-10(17(20)21)1-2-11(12)13(19)16-5-3-15(4-6-16)7-8-18/h1-2,9,18H,3-8H2. The second-order valence-electron chi connectivity index (χ2n) is 4.78. The Hall–Kier alpha value is -2.06. The summed E-state index contributed by atoms with van der Waals surface area (Å²) < 4.78 is 13.8. The van der Waals surface area contributed by atoms with Crippen molar-refractivity contribution in [3.63, 3.8) is 0 Å². The van der Waals surface area contributed by atoms with E-state index in [1.807, 2.05) is 4.90 Å². The maximum atomic E-state index is 13.8. The Balaban J connectivity index is 2.06. The minimum atomic E-state index is -0.882. The highest BCUT2D eigenvalue weighted by atomic mass is 19.1. The molecule has 1 fully saturated rings. The van der Waals surface area contributed by atoms with Crippen LogP contribution >= 0.6 is 0 Å². The van der Waals surface area contributed by atoms with Crippen molar-refractivity contribution < 1.29 is 19.2 Å². The number of piperazine rings is 1. The van der Waals surface area contributed by atoms with Crippen LogP contribution in [0.2, 0.25) is 0 Å². The van der Waals surface area contributed by atoms with Crippen molar-refractivity contribution in [2.45, 2.75) is 0 Å². The molecule has 0 unspecified atom stereocenters. The summed E-state index contributed by atoms with van der Waals surface area (Å²) in [5.41, 5.74) is -0.534. The second kappa shape index (κ2) is 6.59. The molecule has 0 bridgehead atoms. The number of non-ortho nitro benzene ring substituents is 1. The molecule has 8 heteroatoms. The predicted molar refractivity (Wildman–Crippen MR) is 72.5 cm³/mol. The molecule has 0 spiro atoms. The van der Waals surface area contributed by atoms with Gasteiger partial charge in [0.05, 0.1) is 23.2 Å². The number of hydrogen-bond acceptors (Lipinski definition) is 5. The van der Waals surface area contributed by atoms with Crippen LogP contribution in [0, 0.1) is 15.9 Å². The Morgan fingerprint density at radius 1 is 1.33 bits per heavy atom. The van der Waals surface area contributed by atoms with Crippen LogP contribution in [0.1, 0.15) is 10.4 Å². The van der Waals surface area contributed by atoms with Crippen molar-refractivity contribution in [2.24, 2.45) is 0 Å². The fraction of sp³-hybridized carbons (Fsp3) is 0.462. The number of halogens is 1. The van der Waals surface area contributed by atoms with Crippen LogP contribution in [0.25, 0.3) is 0 Å². The summed E-state index contributed by atoms with van der Waals surface area (Å²) in [6, 6.07) is 3.03. The summed E-state index contributed by atoms with van der Waals surface area (Å²) in [6.07, 6.45) is 0. The summed E-state index contributed by atoms with van der Waals surface area (Å²) in [6.45, 7) is 2.71. The van der Waals surface area contributed by atoms with Crippen LogP contribution in [0.3, 0.4) is 0 Å². The number of carbonyl (C=O) groups excluding carboxylic acids is 1. The van der Waals surface area contributed by atoms with Gasteiger partial charge in [-0.25, -0.2) is 4.39 Å². The van der Waals surface area contributed by atoms with E-state index in [1.54, 1.807) is 0 Å². The Morgan fingerprint density at radius 3 is 2.52 bits per heavy atom. The highest BCUT2D eigenvalue weighted by molar-refractivity contribution is 5.94. The predicted octanol–water partition coefficient (Wildman–Crippen LogP) is 0.484. The van der Waals surface area contributed by atoms with E-state index in [0.29, 0.717) is 32.7 Å². The van der Waals surface area contributed by atoms with Crippen molar-refractivity contribution in [3.05, 3.63) is 39.7 Å². The number of β-amino-alcohol motifs (C(OH)–C–C–N with tert-alkyl or cyclic N) is 1. The van der Waals surface area contributed by atoms with Gasteiger partial charge in [-0.2, -0.15) is 0 Å². The number of nitrogens with zero attached hydrogens (tertiary/aromatic N) is 3. The summed E-state index contributed by atoms with van der Waals surface area (Å²) in [4.78, 5) is 25.6. The maximum absolute atomic E-state index is 13.8. The van der Waals surface area contributed by atoms with Gasteiger partial charge < -0.3 is 10.0 Å². The fourth-order valence-electron chi connectivity index (χ4n) is 2.28. The van der Waals surface area contributed by atoms with Gasteiger partial charge in [0, 0.05) is 38.8 Å². The molecule has 1 aliphatic heterocycles. The molecule has 1 N–H and O–H groups in total. The van der Waals surface area contributed by atoms with Crippen LogP contribution in [-0.2, 0) is 0 Å². The van der Waals surface area contributed by atoms with Crippen LogP contribution in [-0.4, -0.2) is 65.1 Å². The normalized spacial score (nSPS) is 16.0. The lowest BCUT2D eigenvalue weighted by molar-refractivity contribution is -0.385. The van der Waals surface area contributed by atoms with E-state index in [1.165, 1.54) is 4.90 Å². The lowest BCUT2D eigenvalue weighted by atomic mass is 10.1. The third-order valence-corrected chi connectivity index (χ3v) is 3.47. The second-order valence-corrected chi connectivity index (χ2v) is 4.78. The summed E-state index contributed by atoms with van der Waals surface area (Å²) in [5.74, 6) is -1.35. The highest BCUT2D eigenvalue weighted by Crippen LogP contribution is 2.18. The number of nitro groups is 1. The van der Waals surface area contributed by atoms with Crippen molar-refractivity contribution >= 4 is 11.6 Å². The van der Waals surface area contributed by atoms with Gasteiger partial charge in [-0.3, -0.25) is 19.8 Å². The van der Waals surface area contributed by atoms with Crippen molar-refractivity contribution in [3.8, 4) is 0 Å². The van der Waals surface area contributed by atoms with E-state index in [-0.39, 0.29) is 17.9 Å². The van der Waals surface area contributed by atoms with Crippen LogP contribution in [0.5, 0.6) is 0 Å². The molecular weight excluding hydrogens is 281 g/mol. The number of nitro benzene ring substituents is 1. The third kappa shape index (κ3) is 3.53. The molecule has 7 nitrogen and oxygen atoms in total. The molecule has 0 aromatic heterocycles. The number of hydrogen-bond donors (Lipinski definition) is 1. The zero-order valence-electron chi connectivity index (χ0n) is 11.4. The topological polar surface area (TPSA) is 86.9 Å². The SMILES string of the molecule is O=C(c1ccc([N+](=O)[O-])cc1F)N1CCN(CCO)CC1. The number of aliphatic hydroxyl groups is 1. The summed E-state index contributed by atoms with van der Waals surface area (Å²) in [7, 11) is 0. The average molecular weight is 297 g/mol. The molecular formula is C13H16FN3O4. The van der Waals surface area contributed by atoms with Crippen LogP contribution in [0.4, 0.5) is 10.1 Å². The lowest BCUT2D eigenvalue weighted by Crippen LogP contribution is -2.49. The number of rotatable bonds is 4. The smallest absolute Gasteiger partial charge is 0.272 e. The minimum absolute atomic E-state index is 0.0604. The van der Waals surface area contributed by atoms with Crippen molar-refractivity contribution in [1.29, 1.82) is 0 Å². The molecule has 21 heavy (non-hydrogen) atoms. The molecule has 1 heterocycles. The van der Waals surface area contributed by atoms with Gasteiger partial charge in [0.2, 0.25) is 0 Å². The highest BCUT2D eigenvalue weighted by Gasteiger charge is 2.24. The van der Waals surface area contributed by atoms with E-state index < -0.39 is 16.6 Å². The molecule has 1 saturated heterocycles. The average Bonchev–Trinajstić information content (AvgIpc) is 2.47. The number of amides is 1. The Labute approximate surface area is 120 Å². The molecule has 0 aliphatic carbocycles. The van der Waals surface area contributed by atoms with Crippen LogP contribution in [0.15, 0.2) is 18.2 Å². The van der Waals surface area contributed by atoms with Gasteiger partial charge in [0.1, 0.15) is 5.82 Å². The van der Waals surface area contributed by atoms with E-state index in [9.17, 15) is 19.3 Å². The van der Waals surface area contributed by atoms with Gasteiger partial charge in [-0.15, -0.1) is 0 Å². The first-order chi connectivity index (χ1) is 10.0. The Kier molecular flexibility index (Phi) is 4.81. The minimum Gasteiger partial charge on any atom is -0.395 e. The summed E-state index contributed by atoms with van der Waals surface area (Å²) >= 11 is 0.